The largest absolute Gasteiger partial charge is 0.508 e. The number of aromatic hydroxyl groups is 1. The standard InChI is InChI=1S/C22H24N4O4S2/c1-4-12-26-20(14-32(29,30)19-10-8-15(2)9-11-19)24-25-22(26)31-16(3)21(28)23-17-6-5-7-18(27)13-17/h4-11,13,16,27H,1,12,14H2,2-3H3,(H,23,28). The van der Waals surface area contributed by atoms with Crippen LogP contribution in [0.2, 0.25) is 0 Å². The van der Waals surface area contributed by atoms with E-state index in [2.05, 4.69) is 22.1 Å². The molecule has 32 heavy (non-hydrogen) atoms. The van der Waals surface area contributed by atoms with Crippen molar-refractivity contribution in [3.8, 4) is 5.75 Å². The molecule has 1 unspecified atom stereocenters. The molecular formula is C22H24N4O4S2. The summed E-state index contributed by atoms with van der Waals surface area (Å²) in [6, 6.07) is 12.9. The molecular weight excluding hydrogens is 448 g/mol. The van der Waals surface area contributed by atoms with Gasteiger partial charge in [0.1, 0.15) is 17.3 Å². The number of phenolic OH excluding ortho intramolecular Hbond substituents is 1. The molecule has 0 aliphatic rings. The van der Waals surface area contributed by atoms with Gasteiger partial charge in [-0.05, 0) is 38.1 Å². The van der Waals surface area contributed by atoms with Crippen LogP contribution in [0.25, 0.3) is 0 Å². The maximum absolute atomic E-state index is 12.8. The van der Waals surface area contributed by atoms with E-state index >= 15 is 0 Å². The lowest BCUT2D eigenvalue weighted by atomic mass is 10.2. The predicted molar refractivity (Wildman–Crippen MR) is 124 cm³/mol. The maximum atomic E-state index is 12.8. The Labute approximate surface area is 191 Å². The van der Waals surface area contributed by atoms with Crippen molar-refractivity contribution >= 4 is 33.2 Å². The molecule has 0 aliphatic heterocycles. The number of hydrogen-bond acceptors (Lipinski definition) is 7. The number of nitrogens with one attached hydrogen (secondary N) is 1. The molecule has 2 N–H and O–H groups in total. The van der Waals surface area contributed by atoms with Gasteiger partial charge in [-0.15, -0.1) is 16.8 Å². The van der Waals surface area contributed by atoms with Gasteiger partial charge >= 0.3 is 0 Å². The van der Waals surface area contributed by atoms with Crippen LogP contribution in [0.15, 0.2) is 71.2 Å². The first-order chi connectivity index (χ1) is 15.2. The lowest BCUT2D eigenvalue weighted by molar-refractivity contribution is -0.115. The highest BCUT2D eigenvalue weighted by atomic mass is 32.2. The van der Waals surface area contributed by atoms with Crippen LogP contribution in [-0.2, 0) is 26.9 Å². The number of rotatable bonds is 9. The smallest absolute Gasteiger partial charge is 0.237 e. The zero-order valence-electron chi connectivity index (χ0n) is 17.7. The zero-order valence-corrected chi connectivity index (χ0v) is 19.4. The summed E-state index contributed by atoms with van der Waals surface area (Å²) < 4.78 is 27.3. The fourth-order valence-corrected chi connectivity index (χ4v) is 5.01. The molecule has 8 nitrogen and oxygen atoms in total. The Balaban J connectivity index is 1.77. The Hall–Kier alpha value is -3.11. The number of carbonyl (C=O) groups is 1. The van der Waals surface area contributed by atoms with Crippen LogP contribution < -0.4 is 5.32 Å². The molecule has 1 amide bonds. The van der Waals surface area contributed by atoms with Crippen molar-refractivity contribution in [2.45, 2.75) is 41.4 Å². The quantitative estimate of drug-likeness (QED) is 0.361. The summed E-state index contributed by atoms with van der Waals surface area (Å²) in [7, 11) is -3.62. The first-order valence-corrected chi connectivity index (χ1v) is 12.3. The van der Waals surface area contributed by atoms with Crippen LogP contribution in [0.1, 0.15) is 18.3 Å². The fraction of sp³-hybridized carbons (Fsp3) is 0.227. The van der Waals surface area contributed by atoms with Crippen LogP contribution in [0, 0.1) is 6.92 Å². The lowest BCUT2D eigenvalue weighted by Crippen LogP contribution is -2.23. The molecule has 0 bridgehead atoms. The third-order valence-corrected chi connectivity index (χ3v) is 7.28. The zero-order chi connectivity index (χ0) is 23.3. The lowest BCUT2D eigenvalue weighted by Gasteiger charge is -2.13. The Bertz CT molecular complexity index is 1220. The predicted octanol–water partition coefficient (Wildman–Crippen LogP) is 3.57. The van der Waals surface area contributed by atoms with Gasteiger partial charge in [0, 0.05) is 18.3 Å². The maximum Gasteiger partial charge on any atom is 0.237 e. The fourth-order valence-electron chi connectivity index (χ4n) is 2.86. The van der Waals surface area contributed by atoms with Gasteiger partial charge in [-0.2, -0.15) is 0 Å². The minimum Gasteiger partial charge on any atom is -0.508 e. The second-order valence-electron chi connectivity index (χ2n) is 7.17. The number of allylic oxidation sites excluding steroid dienone is 1. The number of anilines is 1. The van der Waals surface area contributed by atoms with Crippen molar-refractivity contribution in [3.63, 3.8) is 0 Å². The first-order valence-electron chi connectivity index (χ1n) is 9.78. The van der Waals surface area contributed by atoms with Crippen molar-refractivity contribution in [2.24, 2.45) is 0 Å². The number of amides is 1. The third-order valence-electron chi connectivity index (χ3n) is 4.57. The molecule has 1 atom stereocenters. The molecule has 3 rings (SSSR count). The average Bonchev–Trinajstić information content (AvgIpc) is 3.09. The van der Waals surface area contributed by atoms with E-state index in [-0.39, 0.29) is 28.1 Å². The molecule has 0 fully saturated rings. The molecule has 3 aromatic rings. The first kappa shape index (κ1) is 23.6. The minimum absolute atomic E-state index is 0.0493. The van der Waals surface area contributed by atoms with Gasteiger partial charge in [0.25, 0.3) is 0 Å². The highest BCUT2D eigenvalue weighted by molar-refractivity contribution is 8.00. The van der Waals surface area contributed by atoms with Gasteiger partial charge in [-0.25, -0.2) is 8.42 Å². The van der Waals surface area contributed by atoms with Crippen LogP contribution in [0.3, 0.4) is 0 Å². The van der Waals surface area contributed by atoms with Crippen molar-refractivity contribution < 1.29 is 18.3 Å². The molecule has 0 radical (unpaired) electrons. The molecule has 0 aliphatic carbocycles. The number of phenols is 1. The summed E-state index contributed by atoms with van der Waals surface area (Å²) in [5.74, 6) is -0.286. The number of aromatic nitrogens is 3. The molecule has 0 spiro atoms. The summed E-state index contributed by atoms with van der Waals surface area (Å²) >= 11 is 1.16. The summed E-state index contributed by atoms with van der Waals surface area (Å²) in [4.78, 5) is 12.8. The number of thioether (sulfide) groups is 1. The summed E-state index contributed by atoms with van der Waals surface area (Å²) in [6.45, 7) is 7.62. The summed E-state index contributed by atoms with van der Waals surface area (Å²) in [6.07, 6.45) is 1.62. The number of nitrogens with zero attached hydrogens (tertiary/aromatic N) is 3. The van der Waals surface area contributed by atoms with Crippen molar-refractivity contribution in [1.82, 2.24) is 14.8 Å². The van der Waals surface area contributed by atoms with Gasteiger partial charge in [-0.3, -0.25) is 4.79 Å². The van der Waals surface area contributed by atoms with Gasteiger partial charge < -0.3 is 15.0 Å². The summed E-state index contributed by atoms with van der Waals surface area (Å²) in [5, 5.41) is 20.3. The van der Waals surface area contributed by atoms with E-state index in [9.17, 15) is 18.3 Å². The van der Waals surface area contributed by atoms with Crippen LogP contribution in [0.5, 0.6) is 5.75 Å². The van der Waals surface area contributed by atoms with Gasteiger partial charge in [0.15, 0.2) is 15.0 Å². The van der Waals surface area contributed by atoms with Gasteiger partial charge in [0.05, 0.1) is 10.1 Å². The monoisotopic (exact) mass is 472 g/mol. The van der Waals surface area contributed by atoms with E-state index in [4.69, 9.17) is 0 Å². The Morgan fingerprint density at radius 2 is 1.97 bits per heavy atom. The number of benzene rings is 2. The molecule has 10 heteroatoms. The second-order valence-corrected chi connectivity index (χ2v) is 10.5. The van der Waals surface area contributed by atoms with Crippen LogP contribution in [-0.4, -0.2) is 39.4 Å². The van der Waals surface area contributed by atoms with Crippen molar-refractivity contribution in [3.05, 3.63) is 72.6 Å². The molecule has 0 saturated carbocycles. The van der Waals surface area contributed by atoms with Crippen molar-refractivity contribution in [2.75, 3.05) is 5.32 Å². The van der Waals surface area contributed by atoms with E-state index in [1.165, 1.54) is 12.1 Å². The number of carbonyl (C=O) groups excluding carboxylic acids is 1. The highest BCUT2D eigenvalue weighted by Gasteiger charge is 2.24. The van der Waals surface area contributed by atoms with Gasteiger partial charge in [0.2, 0.25) is 5.91 Å². The van der Waals surface area contributed by atoms with E-state index in [0.717, 1.165) is 17.3 Å². The molecule has 1 aromatic heterocycles. The Morgan fingerprint density at radius 1 is 1.25 bits per heavy atom. The van der Waals surface area contributed by atoms with E-state index in [1.54, 1.807) is 54.0 Å². The minimum atomic E-state index is -3.62. The molecule has 1 heterocycles. The van der Waals surface area contributed by atoms with Gasteiger partial charge in [-0.1, -0.05) is 41.6 Å². The second kappa shape index (κ2) is 10.0. The van der Waals surface area contributed by atoms with E-state index in [0.29, 0.717) is 17.4 Å². The van der Waals surface area contributed by atoms with Crippen LogP contribution >= 0.6 is 11.8 Å². The summed E-state index contributed by atoms with van der Waals surface area (Å²) in [5.41, 5.74) is 1.44. The number of hydrogen-bond donors (Lipinski definition) is 2. The topological polar surface area (TPSA) is 114 Å². The number of sulfone groups is 1. The van der Waals surface area contributed by atoms with E-state index in [1.807, 2.05) is 6.92 Å². The normalized spacial score (nSPS) is 12.3. The molecule has 168 valence electrons. The third kappa shape index (κ3) is 5.77. The average molecular weight is 473 g/mol. The molecule has 0 saturated heterocycles. The number of aryl methyl sites for hydroxylation is 1. The Kier molecular flexibility index (Phi) is 7.37. The van der Waals surface area contributed by atoms with Crippen LogP contribution in [0.4, 0.5) is 5.69 Å². The Morgan fingerprint density at radius 3 is 2.62 bits per heavy atom. The molecule has 2 aromatic carbocycles. The SMILES string of the molecule is C=CCn1c(CS(=O)(=O)c2ccc(C)cc2)nnc1SC(C)C(=O)Nc1cccc(O)c1. The van der Waals surface area contributed by atoms with E-state index < -0.39 is 15.1 Å². The highest BCUT2D eigenvalue weighted by Crippen LogP contribution is 2.26. The van der Waals surface area contributed by atoms with Crippen molar-refractivity contribution in [1.29, 1.82) is 0 Å².